The maximum Gasteiger partial charge on any atom is 0.133 e. The molecule has 0 radical (unpaired) electrons. The molecule has 0 atom stereocenters. The average Bonchev–Trinajstić information content (AvgIpc) is 2.39. The van der Waals surface area contributed by atoms with Crippen LogP contribution in [0.2, 0.25) is 0 Å². The Morgan fingerprint density at radius 2 is 1.89 bits per heavy atom. The van der Waals surface area contributed by atoms with Gasteiger partial charge in [0, 0.05) is 0 Å². The molecule has 0 aliphatic rings. The zero-order valence-electron chi connectivity index (χ0n) is 10.1. The molecular formula is C15H14FIO. The molecule has 0 aliphatic heterocycles. The van der Waals surface area contributed by atoms with Crippen molar-refractivity contribution in [3.8, 4) is 5.75 Å². The van der Waals surface area contributed by atoms with Gasteiger partial charge in [-0.05, 0) is 52.3 Å². The second-order valence-electron chi connectivity index (χ2n) is 4.00. The molecule has 2 aromatic rings. The lowest BCUT2D eigenvalue weighted by atomic mass is 10.1. The van der Waals surface area contributed by atoms with E-state index < -0.39 is 0 Å². The third kappa shape index (κ3) is 3.22. The highest BCUT2D eigenvalue weighted by molar-refractivity contribution is 14.1. The molecule has 2 rings (SSSR count). The Labute approximate surface area is 120 Å². The molecule has 94 valence electrons. The molecule has 0 saturated carbocycles. The van der Waals surface area contributed by atoms with Crippen LogP contribution in [0.1, 0.15) is 18.1 Å². The van der Waals surface area contributed by atoms with Crippen LogP contribution in [0.25, 0.3) is 0 Å². The largest absolute Gasteiger partial charge is 0.488 e. The smallest absolute Gasteiger partial charge is 0.133 e. The summed E-state index contributed by atoms with van der Waals surface area (Å²) in [5, 5.41) is 0. The fourth-order valence-corrected chi connectivity index (χ4v) is 2.27. The Balaban J connectivity index is 2.14. The van der Waals surface area contributed by atoms with Gasteiger partial charge in [-0.2, -0.15) is 0 Å². The van der Waals surface area contributed by atoms with Crippen LogP contribution in [0, 0.1) is 9.39 Å². The molecule has 0 saturated heterocycles. The van der Waals surface area contributed by atoms with Crippen molar-refractivity contribution in [2.45, 2.75) is 20.0 Å². The summed E-state index contributed by atoms with van der Waals surface area (Å²) in [5.74, 6) is 0.590. The Bertz CT molecular complexity index is 526. The lowest BCUT2D eigenvalue weighted by Gasteiger charge is -2.10. The van der Waals surface area contributed by atoms with Gasteiger partial charge in [0.25, 0.3) is 0 Å². The van der Waals surface area contributed by atoms with E-state index in [4.69, 9.17) is 4.74 Å². The maximum absolute atomic E-state index is 13.5. The van der Waals surface area contributed by atoms with E-state index in [0.717, 1.165) is 14.9 Å². The van der Waals surface area contributed by atoms with Crippen LogP contribution in [-0.4, -0.2) is 0 Å². The van der Waals surface area contributed by atoms with E-state index in [1.54, 1.807) is 6.07 Å². The van der Waals surface area contributed by atoms with Crippen molar-refractivity contribution in [3.05, 3.63) is 63.0 Å². The highest BCUT2D eigenvalue weighted by atomic mass is 127. The molecule has 18 heavy (non-hydrogen) atoms. The van der Waals surface area contributed by atoms with Gasteiger partial charge >= 0.3 is 0 Å². The van der Waals surface area contributed by atoms with E-state index >= 15 is 0 Å². The third-order valence-corrected chi connectivity index (χ3v) is 3.56. The molecule has 1 nitrogen and oxygen atoms in total. The fourth-order valence-electron chi connectivity index (χ4n) is 1.69. The highest BCUT2D eigenvalue weighted by Crippen LogP contribution is 2.25. The summed E-state index contributed by atoms with van der Waals surface area (Å²) in [4.78, 5) is 0. The minimum Gasteiger partial charge on any atom is -0.488 e. The van der Waals surface area contributed by atoms with E-state index in [1.807, 2.05) is 37.3 Å². The molecule has 0 N–H and O–H groups in total. The second-order valence-corrected chi connectivity index (χ2v) is 5.16. The number of ether oxygens (including phenoxy) is 1. The van der Waals surface area contributed by atoms with Crippen LogP contribution >= 0.6 is 22.6 Å². The molecule has 0 aliphatic carbocycles. The van der Waals surface area contributed by atoms with Crippen molar-refractivity contribution in [3.63, 3.8) is 0 Å². The monoisotopic (exact) mass is 356 g/mol. The molecule has 2 aromatic carbocycles. The van der Waals surface area contributed by atoms with Crippen LogP contribution in [-0.2, 0) is 13.0 Å². The molecule has 0 heterocycles. The first kappa shape index (κ1) is 13.3. The number of halogens is 2. The topological polar surface area (TPSA) is 9.23 Å². The molecule has 0 amide bonds. The minimum atomic E-state index is -0.158. The van der Waals surface area contributed by atoms with Crippen molar-refractivity contribution in [2.24, 2.45) is 0 Å². The number of hydrogen-bond acceptors (Lipinski definition) is 1. The second kappa shape index (κ2) is 6.18. The van der Waals surface area contributed by atoms with Crippen LogP contribution in [0.3, 0.4) is 0 Å². The van der Waals surface area contributed by atoms with Gasteiger partial charge in [-0.3, -0.25) is 0 Å². The predicted molar refractivity (Wildman–Crippen MR) is 79.3 cm³/mol. The van der Waals surface area contributed by atoms with E-state index in [-0.39, 0.29) is 5.82 Å². The number of rotatable bonds is 4. The van der Waals surface area contributed by atoms with Gasteiger partial charge in [-0.15, -0.1) is 0 Å². The summed E-state index contributed by atoms with van der Waals surface area (Å²) >= 11 is 2.10. The predicted octanol–water partition coefficient (Wildman–Crippen LogP) is 4.57. The maximum atomic E-state index is 13.5. The number of benzene rings is 2. The lowest BCUT2D eigenvalue weighted by Crippen LogP contribution is -1.99. The van der Waals surface area contributed by atoms with Gasteiger partial charge in [0.2, 0.25) is 0 Å². The van der Waals surface area contributed by atoms with E-state index in [1.165, 1.54) is 6.07 Å². The third-order valence-electron chi connectivity index (χ3n) is 2.72. The van der Waals surface area contributed by atoms with Crippen LogP contribution in [0.15, 0.2) is 42.5 Å². The van der Waals surface area contributed by atoms with Gasteiger partial charge in [0.1, 0.15) is 18.2 Å². The van der Waals surface area contributed by atoms with E-state index in [9.17, 15) is 4.39 Å². The summed E-state index contributed by atoms with van der Waals surface area (Å²) < 4.78 is 20.1. The van der Waals surface area contributed by atoms with E-state index in [0.29, 0.717) is 18.6 Å². The van der Waals surface area contributed by atoms with Gasteiger partial charge < -0.3 is 4.74 Å². The van der Waals surface area contributed by atoms with Crippen molar-refractivity contribution in [1.82, 2.24) is 0 Å². The van der Waals surface area contributed by atoms with Crippen LogP contribution in [0.4, 0.5) is 4.39 Å². The molecule has 0 bridgehead atoms. The summed E-state index contributed by atoms with van der Waals surface area (Å²) in [5.41, 5.74) is 1.80. The van der Waals surface area contributed by atoms with Crippen molar-refractivity contribution in [2.75, 3.05) is 0 Å². The normalized spacial score (nSPS) is 10.4. The summed E-state index contributed by atoms with van der Waals surface area (Å²) in [6, 6.07) is 13.3. The summed E-state index contributed by atoms with van der Waals surface area (Å²) in [6.07, 6.45) is 0.671. The molecule has 0 fully saturated rings. The SMILES string of the molecule is CCc1cc(OCc2ccccc2)c(I)cc1F. The Hall–Kier alpha value is -1.10. The zero-order valence-corrected chi connectivity index (χ0v) is 12.3. The van der Waals surface area contributed by atoms with Gasteiger partial charge in [0.15, 0.2) is 0 Å². The first-order valence-corrected chi connectivity index (χ1v) is 6.93. The molecule has 3 heteroatoms. The van der Waals surface area contributed by atoms with Crippen LogP contribution < -0.4 is 4.74 Å². The highest BCUT2D eigenvalue weighted by Gasteiger charge is 2.08. The van der Waals surface area contributed by atoms with Gasteiger partial charge in [0.05, 0.1) is 3.57 Å². The molecule has 0 aromatic heterocycles. The van der Waals surface area contributed by atoms with Crippen molar-refractivity contribution < 1.29 is 9.13 Å². The standard InChI is InChI=1S/C15H14FIO/c1-2-12-8-15(14(17)9-13(12)16)18-10-11-6-4-3-5-7-11/h3-9H,2,10H2,1H3. The van der Waals surface area contributed by atoms with Crippen molar-refractivity contribution >= 4 is 22.6 Å². The number of hydrogen-bond donors (Lipinski definition) is 0. The molecule has 0 unspecified atom stereocenters. The van der Waals surface area contributed by atoms with E-state index in [2.05, 4.69) is 22.6 Å². The lowest BCUT2D eigenvalue weighted by molar-refractivity contribution is 0.303. The first-order chi connectivity index (χ1) is 8.70. The Kier molecular flexibility index (Phi) is 4.58. The van der Waals surface area contributed by atoms with Crippen LogP contribution in [0.5, 0.6) is 5.75 Å². The van der Waals surface area contributed by atoms with Gasteiger partial charge in [-0.25, -0.2) is 4.39 Å². The first-order valence-electron chi connectivity index (χ1n) is 5.85. The average molecular weight is 356 g/mol. The summed E-state index contributed by atoms with van der Waals surface area (Å²) in [6.45, 7) is 2.44. The minimum absolute atomic E-state index is 0.158. The summed E-state index contributed by atoms with van der Waals surface area (Å²) in [7, 11) is 0. The van der Waals surface area contributed by atoms with Gasteiger partial charge in [-0.1, -0.05) is 37.3 Å². The molecule has 0 spiro atoms. The zero-order chi connectivity index (χ0) is 13.0. The molecular weight excluding hydrogens is 342 g/mol. The quantitative estimate of drug-likeness (QED) is 0.730. The Morgan fingerprint density at radius 1 is 1.17 bits per heavy atom. The number of aryl methyl sites for hydroxylation is 1. The van der Waals surface area contributed by atoms with Crippen molar-refractivity contribution in [1.29, 1.82) is 0 Å². The Morgan fingerprint density at radius 3 is 2.56 bits per heavy atom. The fraction of sp³-hybridized carbons (Fsp3) is 0.200.